The van der Waals surface area contributed by atoms with Gasteiger partial charge in [0.2, 0.25) is 0 Å². The molecular formula is C25H24N2O5. The maximum atomic E-state index is 12.6. The molecule has 2 N–H and O–H groups in total. The Morgan fingerprint density at radius 2 is 1.47 bits per heavy atom. The minimum Gasteiger partial charge on any atom is -0.484 e. The lowest BCUT2D eigenvalue weighted by Gasteiger charge is -2.18. The second-order valence-corrected chi connectivity index (χ2v) is 7.29. The second kappa shape index (κ2) is 10.3. The van der Waals surface area contributed by atoms with Crippen LogP contribution in [0.15, 0.2) is 72.8 Å². The van der Waals surface area contributed by atoms with Gasteiger partial charge < -0.3 is 20.1 Å². The van der Waals surface area contributed by atoms with Crippen LogP contribution in [0.5, 0.6) is 5.75 Å². The van der Waals surface area contributed by atoms with Crippen molar-refractivity contribution >= 4 is 23.5 Å². The fraction of sp³-hybridized carbons (Fsp3) is 0.160. The molecule has 0 atom stereocenters. The summed E-state index contributed by atoms with van der Waals surface area (Å²) in [6.07, 6.45) is 0. The summed E-state index contributed by atoms with van der Waals surface area (Å²) < 4.78 is 5.51. The number of carbonyl (C=O) groups excluding carboxylic acids is 2. The third-order valence-corrected chi connectivity index (χ3v) is 4.89. The Bertz CT molecular complexity index is 1090. The molecule has 0 aliphatic heterocycles. The summed E-state index contributed by atoms with van der Waals surface area (Å²) in [5.41, 5.74) is 3.38. The lowest BCUT2D eigenvalue weighted by molar-refractivity contribution is -0.123. The van der Waals surface area contributed by atoms with Gasteiger partial charge in [-0.15, -0.1) is 0 Å². The van der Waals surface area contributed by atoms with Gasteiger partial charge in [-0.1, -0.05) is 29.8 Å². The molecule has 0 heterocycles. The topological polar surface area (TPSA) is 95.9 Å². The predicted octanol–water partition coefficient (Wildman–Crippen LogP) is 3.67. The van der Waals surface area contributed by atoms with Crippen molar-refractivity contribution in [3.63, 3.8) is 0 Å². The van der Waals surface area contributed by atoms with Crippen LogP contribution in [0.25, 0.3) is 0 Å². The number of aromatic carboxylic acids is 1. The van der Waals surface area contributed by atoms with Gasteiger partial charge in [0, 0.05) is 24.8 Å². The van der Waals surface area contributed by atoms with Gasteiger partial charge in [0.25, 0.3) is 11.8 Å². The highest BCUT2D eigenvalue weighted by atomic mass is 16.5. The minimum absolute atomic E-state index is 0.116. The van der Waals surface area contributed by atoms with E-state index in [1.807, 2.05) is 19.1 Å². The van der Waals surface area contributed by atoms with Crippen molar-refractivity contribution in [3.05, 3.63) is 95.1 Å². The molecular weight excluding hydrogens is 408 g/mol. The number of carboxylic acid groups (broad SMARTS) is 1. The number of anilines is 1. The smallest absolute Gasteiger partial charge is 0.335 e. The number of amides is 2. The lowest BCUT2D eigenvalue weighted by Crippen LogP contribution is -2.28. The van der Waals surface area contributed by atoms with E-state index in [9.17, 15) is 14.4 Å². The molecule has 0 spiro atoms. The summed E-state index contributed by atoms with van der Waals surface area (Å²) in [7, 11) is 1.70. The number of benzene rings is 3. The van der Waals surface area contributed by atoms with Crippen LogP contribution in [0.3, 0.4) is 0 Å². The van der Waals surface area contributed by atoms with Crippen LogP contribution in [0.2, 0.25) is 0 Å². The molecule has 0 unspecified atom stereocenters. The summed E-state index contributed by atoms with van der Waals surface area (Å²) >= 11 is 0. The number of hydrogen-bond acceptors (Lipinski definition) is 4. The number of ether oxygens (including phenoxy) is 1. The van der Waals surface area contributed by atoms with Crippen molar-refractivity contribution in [1.29, 1.82) is 0 Å². The first-order valence-electron chi connectivity index (χ1n) is 10.00. The van der Waals surface area contributed by atoms with E-state index >= 15 is 0 Å². The zero-order chi connectivity index (χ0) is 23.1. The van der Waals surface area contributed by atoms with Gasteiger partial charge in [-0.2, -0.15) is 0 Å². The van der Waals surface area contributed by atoms with E-state index in [1.165, 1.54) is 12.1 Å². The Labute approximate surface area is 186 Å². The van der Waals surface area contributed by atoms with Crippen LogP contribution in [0, 0.1) is 6.92 Å². The maximum absolute atomic E-state index is 12.6. The average molecular weight is 432 g/mol. The number of hydrogen-bond donors (Lipinski definition) is 2. The van der Waals surface area contributed by atoms with Crippen molar-refractivity contribution in [3.8, 4) is 5.75 Å². The quantitative estimate of drug-likeness (QED) is 0.566. The van der Waals surface area contributed by atoms with E-state index in [0.29, 0.717) is 17.0 Å². The zero-order valence-electron chi connectivity index (χ0n) is 17.9. The van der Waals surface area contributed by atoms with E-state index in [-0.39, 0.29) is 30.5 Å². The molecule has 3 aromatic carbocycles. The predicted molar refractivity (Wildman–Crippen MR) is 121 cm³/mol. The molecule has 2 amide bonds. The normalized spacial score (nSPS) is 10.3. The van der Waals surface area contributed by atoms with E-state index in [1.54, 1.807) is 60.5 Å². The van der Waals surface area contributed by atoms with Crippen LogP contribution in [0.1, 0.15) is 31.8 Å². The van der Waals surface area contributed by atoms with E-state index in [2.05, 4.69) is 5.32 Å². The molecule has 0 aliphatic rings. The van der Waals surface area contributed by atoms with Crippen LogP contribution < -0.4 is 15.0 Å². The molecule has 32 heavy (non-hydrogen) atoms. The molecule has 3 aromatic rings. The third-order valence-electron chi connectivity index (χ3n) is 4.89. The lowest BCUT2D eigenvalue weighted by atomic mass is 10.1. The molecule has 0 aromatic heterocycles. The largest absolute Gasteiger partial charge is 0.484 e. The van der Waals surface area contributed by atoms with Gasteiger partial charge in [0.05, 0.1) is 5.56 Å². The van der Waals surface area contributed by atoms with Gasteiger partial charge in [-0.3, -0.25) is 9.59 Å². The second-order valence-electron chi connectivity index (χ2n) is 7.29. The highest BCUT2D eigenvalue weighted by Gasteiger charge is 2.13. The first-order valence-corrected chi connectivity index (χ1v) is 10.00. The summed E-state index contributed by atoms with van der Waals surface area (Å²) in [5.74, 6) is -0.908. The Hall–Kier alpha value is -4.13. The summed E-state index contributed by atoms with van der Waals surface area (Å²) in [4.78, 5) is 37.0. The standard InChI is InChI=1S/C25H24N2O5/c1-17-3-7-19(8-4-17)24(29)27(2)21-11-13-22(14-12-21)32-16-23(28)26-15-18-5-9-20(10-6-18)25(30)31/h3-14H,15-16H2,1-2H3,(H,26,28)(H,30,31). The van der Waals surface area contributed by atoms with Gasteiger partial charge in [0.1, 0.15) is 5.75 Å². The molecule has 0 radical (unpaired) electrons. The van der Waals surface area contributed by atoms with E-state index < -0.39 is 5.97 Å². The average Bonchev–Trinajstić information content (AvgIpc) is 2.81. The Morgan fingerprint density at radius 3 is 2.06 bits per heavy atom. The van der Waals surface area contributed by atoms with Crippen molar-refractivity contribution in [1.82, 2.24) is 5.32 Å². The van der Waals surface area contributed by atoms with Crippen molar-refractivity contribution in [2.45, 2.75) is 13.5 Å². The number of aryl methyl sites for hydroxylation is 1. The first-order chi connectivity index (χ1) is 15.3. The highest BCUT2D eigenvalue weighted by molar-refractivity contribution is 6.05. The molecule has 0 bridgehead atoms. The van der Waals surface area contributed by atoms with Crippen LogP contribution in [-0.2, 0) is 11.3 Å². The fourth-order valence-corrected chi connectivity index (χ4v) is 2.94. The first kappa shape index (κ1) is 22.6. The molecule has 164 valence electrons. The Balaban J connectivity index is 1.48. The highest BCUT2D eigenvalue weighted by Crippen LogP contribution is 2.20. The summed E-state index contributed by atoms with van der Waals surface area (Å²) in [5, 5.41) is 11.6. The van der Waals surface area contributed by atoms with Crippen LogP contribution in [0.4, 0.5) is 5.69 Å². The SMILES string of the molecule is Cc1ccc(C(=O)N(C)c2ccc(OCC(=O)NCc3ccc(C(=O)O)cc3)cc2)cc1. The van der Waals surface area contributed by atoms with Crippen LogP contribution >= 0.6 is 0 Å². The number of nitrogens with zero attached hydrogens (tertiary/aromatic N) is 1. The minimum atomic E-state index is -0.995. The number of carboxylic acids is 1. The van der Waals surface area contributed by atoms with Crippen molar-refractivity contribution in [2.75, 3.05) is 18.6 Å². The molecule has 7 heteroatoms. The number of nitrogens with one attached hydrogen (secondary N) is 1. The third kappa shape index (κ3) is 5.95. The van der Waals surface area contributed by atoms with Crippen molar-refractivity contribution < 1.29 is 24.2 Å². The summed E-state index contributed by atoms with van der Waals surface area (Å²) in [6, 6.07) is 20.6. The van der Waals surface area contributed by atoms with Gasteiger partial charge >= 0.3 is 5.97 Å². The molecule has 7 nitrogen and oxygen atoms in total. The summed E-state index contributed by atoms with van der Waals surface area (Å²) in [6.45, 7) is 2.08. The zero-order valence-corrected chi connectivity index (χ0v) is 17.9. The molecule has 0 saturated heterocycles. The molecule has 3 rings (SSSR count). The van der Waals surface area contributed by atoms with Crippen LogP contribution in [-0.4, -0.2) is 36.5 Å². The number of carbonyl (C=O) groups is 3. The Kier molecular flexibility index (Phi) is 7.23. The Morgan fingerprint density at radius 1 is 0.875 bits per heavy atom. The molecule has 0 fully saturated rings. The molecule has 0 saturated carbocycles. The fourth-order valence-electron chi connectivity index (χ4n) is 2.94. The maximum Gasteiger partial charge on any atom is 0.335 e. The monoisotopic (exact) mass is 432 g/mol. The molecule has 0 aliphatic carbocycles. The van der Waals surface area contributed by atoms with Gasteiger partial charge in [-0.25, -0.2) is 4.79 Å². The number of rotatable bonds is 8. The van der Waals surface area contributed by atoms with Gasteiger partial charge in [-0.05, 0) is 61.0 Å². The van der Waals surface area contributed by atoms with E-state index in [0.717, 1.165) is 11.1 Å². The van der Waals surface area contributed by atoms with Crippen molar-refractivity contribution in [2.24, 2.45) is 0 Å². The van der Waals surface area contributed by atoms with Gasteiger partial charge in [0.15, 0.2) is 6.61 Å². The van der Waals surface area contributed by atoms with E-state index in [4.69, 9.17) is 9.84 Å².